The molecule has 0 unspecified atom stereocenters. The smallest absolute Gasteiger partial charge is 0.376 e. The van der Waals surface area contributed by atoms with E-state index in [-0.39, 0.29) is 12.4 Å². The second-order valence-electron chi connectivity index (χ2n) is 5.09. The molecular formula is C19H13IN2O3. The third kappa shape index (κ3) is 3.56. The van der Waals surface area contributed by atoms with Gasteiger partial charge in [0.05, 0.1) is 23.8 Å². The Kier molecular flexibility index (Phi) is 5.14. The van der Waals surface area contributed by atoms with Crippen LogP contribution in [0.2, 0.25) is 0 Å². The average Bonchev–Trinajstić information content (AvgIpc) is 3.07. The topological polar surface area (TPSA) is 76.1 Å². The summed E-state index contributed by atoms with van der Waals surface area (Å²) in [6.45, 7) is 1.97. The molecule has 1 heterocycles. The van der Waals surface area contributed by atoms with Crippen LogP contribution in [0.4, 0.5) is 0 Å². The van der Waals surface area contributed by atoms with Crippen LogP contribution in [0.15, 0.2) is 52.9 Å². The highest BCUT2D eigenvalue weighted by atomic mass is 127. The van der Waals surface area contributed by atoms with Gasteiger partial charge in [-0.25, -0.2) is 9.78 Å². The van der Waals surface area contributed by atoms with Gasteiger partial charge >= 0.3 is 5.97 Å². The zero-order chi connectivity index (χ0) is 17.8. The molecule has 0 bridgehead atoms. The number of ether oxygens (including phenoxy) is 1. The standard InChI is InChI=1S/C19H13IN2O3/c1-2-24-19(23)17-16(13-9-7-12(11-21)8-10-13)22-18(25-17)14-5-3-4-6-15(14)20/h3-10H,2H2,1H3. The molecule has 5 nitrogen and oxygen atoms in total. The molecule has 0 N–H and O–H groups in total. The van der Waals surface area contributed by atoms with Crippen LogP contribution in [-0.2, 0) is 4.74 Å². The summed E-state index contributed by atoms with van der Waals surface area (Å²) in [5, 5.41) is 8.94. The van der Waals surface area contributed by atoms with Crippen LogP contribution in [0.1, 0.15) is 23.0 Å². The number of rotatable bonds is 4. The number of carbonyl (C=O) groups excluding carboxylic acids is 1. The first-order valence-electron chi connectivity index (χ1n) is 7.57. The zero-order valence-electron chi connectivity index (χ0n) is 13.3. The number of nitrogens with zero attached hydrogens (tertiary/aromatic N) is 2. The molecule has 0 aliphatic heterocycles. The Labute approximate surface area is 158 Å². The van der Waals surface area contributed by atoms with Crippen molar-refractivity contribution in [3.05, 3.63) is 63.4 Å². The molecule has 124 valence electrons. The van der Waals surface area contributed by atoms with Gasteiger partial charge in [-0.15, -0.1) is 0 Å². The molecule has 1 aromatic heterocycles. The normalized spacial score (nSPS) is 10.3. The third-order valence-electron chi connectivity index (χ3n) is 3.48. The summed E-state index contributed by atoms with van der Waals surface area (Å²) in [4.78, 5) is 16.8. The van der Waals surface area contributed by atoms with E-state index in [9.17, 15) is 4.79 Å². The Morgan fingerprint density at radius 3 is 2.60 bits per heavy atom. The fraction of sp³-hybridized carbons (Fsp3) is 0.105. The fourth-order valence-electron chi connectivity index (χ4n) is 2.30. The summed E-state index contributed by atoms with van der Waals surface area (Å²) in [5.41, 5.74) is 2.41. The molecule has 0 saturated carbocycles. The Bertz CT molecular complexity index is 956. The molecule has 0 spiro atoms. The van der Waals surface area contributed by atoms with E-state index < -0.39 is 5.97 Å². The minimum atomic E-state index is -0.563. The van der Waals surface area contributed by atoms with E-state index in [1.807, 2.05) is 24.3 Å². The highest BCUT2D eigenvalue weighted by molar-refractivity contribution is 14.1. The van der Waals surface area contributed by atoms with Gasteiger partial charge in [0.25, 0.3) is 0 Å². The zero-order valence-corrected chi connectivity index (χ0v) is 15.5. The molecule has 0 radical (unpaired) electrons. The Balaban J connectivity index is 2.13. The summed E-state index contributed by atoms with van der Waals surface area (Å²) in [5.74, 6) is -0.153. The number of oxazole rings is 1. The van der Waals surface area contributed by atoms with E-state index in [4.69, 9.17) is 14.4 Å². The molecule has 0 aliphatic rings. The summed E-state index contributed by atoms with van der Waals surface area (Å²) in [6, 6.07) is 16.5. The minimum Gasteiger partial charge on any atom is -0.460 e. The molecule has 0 fully saturated rings. The van der Waals surface area contributed by atoms with Crippen LogP contribution in [0, 0.1) is 14.9 Å². The van der Waals surface area contributed by atoms with Gasteiger partial charge in [-0.05, 0) is 53.8 Å². The largest absolute Gasteiger partial charge is 0.460 e. The maximum Gasteiger partial charge on any atom is 0.376 e. The highest BCUT2D eigenvalue weighted by Gasteiger charge is 2.24. The number of esters is 1. The number of nitriles is 1. The Morgan fingerprint density at radius 1 is 1.24 bits per heavy atom. The predicted molar refractivity (Wildman–Crippen MR) is 101 cm³/mol. The number of hydrogen-bond donors (Lipinski definition) is 0. The number of aromatic nitrogens is 1. The van der Waals surface area contributed by atoms with E-state index in [2.05, 4.69) is 33.6 Å². The fourth-order valence-corrected chi connectivity index (χ4v) is 2.92. The van der Waals surface area contributed by atoms with Crippen molar-refractivity contribution in [2.24, 2.45) is 0 Å². The van der Waals surface area contributed by atoms with E-state index in [1.165, 1.54) is 0 Å². The SMILES string of the molecule is CCOC(=O)c1oc(-c2ccccc2I)nc1-c1ccc(C#N)cc1. The molecule has 2 aromatic carbocycles. The van der Waals surface area contributed by atoms with Gasteiger partial charge in [-0.2, -0.15) is 5.26 Å². The van der Waals surface area contributed by atoms with Gasteiger partial charge in [0.1, 0.15) is 5.69 Å². The first-order chi connectivity index (χ1) is 12.1. The van der Waals surface area contributed by atoms with Crippen molar-refractivity contribution >= 4 is 28.6 Å². The van der Waals surface area contributed by atoms with Gasteiger partial charge in [0.2, 0.25) is 11.7 Å². The average molecular weight is 444 g/mol. The van der Waals surface area contributed by atoms with Crippen LogP contribution in [0.3, 0.4) is 0 Å². The monoisotopic (exact) mass is 444 g/mol. The maximum atomic E-state index is 12.3. The molecule has 3 aromatic rings. The summed E-state index contributed by atoms with van der Waals surface area (Å²) in [6.07, 6.45) is 0. The molecule has 0 amide bonds. The number of carbonyl (C=O) groups is 1. The summed E-state index contributed by atoms with van der Waals surface area (Å²) < 4.78 is 11.8. The van der Waals surface area contributed by atoms with Crippen molar-refractivity contribution in [2.75, 3.05) is 6.61 Å². The first kappa shape index (κ1) is 17.2. The van der Waals surface area contributed by atoms with E-state index >= 15 is 0 Å². The van der Waals surface area contributed by atoms with Crippen molar-refractivity contribution < 1.29 is 13.9 Å². The number of halogens is 1. The van der Waals surface area contributed by atoms with Crippen molar-refractivity contribution in [1.82, 2.24) is 4.98 Å². The molecular weight excluding hydrogens is 431 g/mol. The van der Waals surface area contributed by atoms with Crippen molar-refractivity contribution in [3.63, 3.8) is 0 Å². The Hall–Kier alpha value is -2.66. The lowest BCUT2D eigenvalue weighted by atomic mass is 10.1. The molecule has 0 aliphatic carbocycles. The number of hydrogen-bond acceptors (Lipinski definition) is 5. The molecule has 0 atom stereocenters. The van der Waals surface area contributed by atoms with Crippen LogP contribution in [-0.4, -0.2) is 17.6 Å². The van der Waals surface area contributed by atoms with Crippen LogP contribution < -0.4 is 0 Å². The summed E-state index contributed by atoms with van der Waals surface area (Å²) in [7, 11) is 0. The Morgan fingerprint density at radius 2 is 1.96 bits per heavy atom. The van der Waals surface area contributed by atoms with Gasteiger partial charge in [0.15, 0.2) is 0 Å². The van der Waals surface area contributed by atoms with Gasteiger partial charge in [0, 0.05) is 9.13 Å². The van der Waals surface area contributed by atoms with Gasteiger partial charge in [-0.3, -0.25) is 0 Å². The van der Waals surface area contributed by atoms with Crippen LogP contribution in [0.5, 0.6) is 0 Å². The van der Waals surface area contributed by atoms with Crippen LogP contribution >= 0.6 is 22.6 Å². The minimum absolute atomic E-state index is 0.0567. The van der Waals surface area contributed by atoms with E-state index in [0.29, 0.717) is 22.7 Å². The number of benzene rings is 2. The second kappa shape index (κ2) is 7.49. The lowest BCUT2D eigenvalue weighted by Gasteiger charge is -2.01. The first-order valence-corrected chi connectivity index (χ1v) is 8.65. The predicted octanol–water partition coefficient (Wildman–Crippen LogP) is 4.66. The quantitative estimate of drug-likeness (QED) is 0.432. The van der Waals surface area contributed by atoms with Gasteiger partial charge < -0.3 is 9.15 Å². The second-order valence-corrected chi connectivity index (χ2v) is 6.25. The van der Waals surface area contributed by atoms with Crippen molar-refractivity contribution in [3.8, 4) is 28.8 Å². The highest BCUT2D eigenvalue weighted by Crippen LogP contribution is 2.31. The summed E-state index contributed by atoms with van der Waals surface area (Å²) >= 11 is 2.19. The van der Waals surface area contributed by atoms with Crippen LogP contribution in [0.25, 0.3) is 22.7 Å². The van der Waals surface area contributed by atoms with Crippen molar-refractivity contribution in [2.45, 2.75) is 6.92 Å². The van der Waals surface area contributed by atoms with Gasteiger partial charge in [-0.1, -0.05) is 24.3 Å². The van der Waals surface area contributed by atoms with E-state index in [1.54, 1.807) is 31.2 Å². The molecule has 6 heteroatoms. The molecule has 0 saturated heterocycles. The third-order valence-corrected chi connectivity index (χ3v) is 4.42. The van der Waals surface area contributed by atoms with Crippen molar-refractivity contribution in [1.29, 1.82) is 5.26 Å². The molecule has 3 rings (SSSR count). The maximum absolute atomic E-state index is 12.3. The van der Waals surface area contributed by atoms with E-state index in [0.717, 1.165) is 9.13 Å². The lowest BCUT2D eigenvalue weighted by molar-refractivity contribution is 0.0492. The lowest BCUT2D eigenvalue weighted by Crippen LogP contribution is -2.04. The molecule has 25 heavy (non-hydrogen) atoms.